The Balaban J connectivity index is 1.79. The molecule has 3 heterocycles. The first-order valence-corrected chi connectivity index (χ1v) is 8.59. The minimum atomic E-state index is -0.423. The molecule has 1 aliphatic rings. The summed E-state index contributed by atoms with van der Waals surface area (Å²) in [6.45, 7) is 5.36. The molecule has 1 atom stereocenters. The molecule has 0 unspecified atom stereocenters. The Morgan fingerprint density at radius 3 is 2.75 bits per heavy atom. The molecule has 3 rings (SSSR count). The summed E-state index contributed by atoms with van der Waals surface area (Å²) < 4.78 is 1.95. The van der Waals surface area contributed by atoms with Gasteiger partial charge in [-0.3, -0.25) is 14.7 Å². The van der Waals surface area contributed by atoms with Gasteiger partial charge in [0.2, 0.25) is 5.91 Å². The van der Waals surface area contributed by atoms with E-state index in [4.69, 9.17) is 0 Å². The molecule has 1 fully saturated rings. The maximum Gasteiger partial charge on any atom is 0.324 e. The van der Waals surface area contributed by atoms with E-state index in [1.807, 2.05) is 23.6 Å². The number of pyridine rings is 1. The summed E-state index contributed by atoms with van der Waals surface area (Å²) >= 11 is 1.31. The maximum atomic E-state index is 12.4. The van der Waals surface area contributed by atoms with Crippen molar-refractivity contribution in [2.45, 2.75) is 30.8 Å². The van der Waals surface area contributed by atoms with E-state index in [0.717, 1.165) is 11.4 Å². The van der Waals surface area contributed by atoms with Crippen LogP contribution in [0.1, 0.15) is 13.8 Å². The number of aromatic nitrogens is 4. The quantitative estimate of drug-likeness (QED) is 0.823. The van der Waals surface area contributed by atoms with Crippen molar-refractivity contribution in [3.63, 3.8) is 0 Å². The number of amides is 3. The monoisotopic (exact) mass is 346 g/mol. The van der Waals surface area contributed by atoms with Gasteiger partial charge in [-0.1, -0.05) is 11.8 Å². The summed E-state index contributed by atoms with van der Waals surface area (Å²) in [5.74, 6) is 0.520. The van der Waals surface area contributed by atoms with Gasteiger partial charge in [-0.15, -0.1) is 10.2 Å². The van der Waals surface area contributed by atoms with Gasteiger partial charge in [-0.2, -0.15) is 0 Å². The third kappa shape index (κ3) is 3.12. The Morgan fingerprint density at radius 2 is 2.12 bits per heavy atom. The lowest BCUT2D eigenvalue weighted by atomic mass is 10.2. The summed E-state index contributed by atoms with van der Waals surface area (Å²) in [5.41, 5.74) is 0.920. The third-order valence-corrected chi connectivity index (χ3v) is 4.79. The molecule has 8 nitrogen and oxygen atoms in total. The van der Waals surface area contributed by atoms with E-state index in [2.05, 4.69) is 20.5 Å². The highest BCUT2D eigenvalue weighted by Gasteiger charge is 2.31. The highest BCUT2D eigenvalue weighted by Crippen LogP contribution is 2.27. The largest absolute Gasteiger partial charge is 0.336 e. The van der Waals surface area contributed by atoms with Crippen molar-refractivity contribution in [2.75, 3.05) is 13.1 Å². The zero-order valence-electron chi connectivity index (χ0n) is 13.5. The van der Waals surface area contributed by atoms with Crippen molar-refractivity contribution in [1.82, 2.24) is 30.0 Å². The smallest absolute Gasteiger partial charge is 0.324 e. The van der Waals surface area contributed by atoms with Crippen LogP contribution in [0.25, 0.3) is 11.4 Å². The summed E-state index contributed by atoms with van der Waals surface area (Å²) in [7, 11) is 0. The number of imide groups is 1. The van der Waals surface area contributed by atoms with Gasteiger partial charge in [0.1, 0.15) is 0 Å². The van der Waals surface area contributed by atoms with E-state index in [0.29, 0.717) is 24.8 Å². The number of urea groups is 1. The SMILES string of the molecule is CCn1c(S[C@H](C)C(=O)N2CCNC2=O)nnc1-c1ccncc1. The van der Waals surface area contributed by atoms with Gasteiger partial charge < -0.3 is 9.88 Å². The number of thioether (sulfide) groups is 1. The third-order valence-electron chi connectivity index (χ3n) is 3.72. The number of nitrogens with one attached hydrogen (secondary N) is 1. The van der Waals surface area contributed by atoms with Gasteiger partial charge in [0.15, 0.2) is 11.0 Å². The highest BCUT2D eigenvalue weighted by atomic mass is 32.2. The molecule has 126 valence electrons. The van der Waals surface area contributed by atoms with E-state index in [1.165, 1.54) is 16.7 Å². The highest BCUT2D eigenvalue weighted by molar-refractivity contribution is 8.00. The molecule has 24 heavy (non-hydrogen) atoms. The average Bonchev–Trinajstić information content (AvgIpc) is 3.20. The Labute approximate surface area is 143 Å². The Bertz CT molecular complexity index is 748. The van der Waals surface area contributed by atoms with Crippen LogP contribution in [0.3, 0.4) is 0 Å². The van der Waals surface area contributed by atoms with Gasteiger partial charge in [0, 0.05) is 37.6 Å². The topological polar surface area (TPSA) is 93.0 Å². The molecule has 1 saturated heterocycles. The van der Waals surface area contributed by atoms with Crippen LogP contribution >= 0.6 is 11.8 Å². The summed E-state index contributed by atoms with van der Waals surface area (Å²) in [6.07, 6.45) is 3.41. The minimum Gasteiger partial charge on any atom is -0.336 e. The Kier molecular flexibility index (Phi) is 4.79. The van der Waals surface area contributed by atoms with Crippen molar-refractivity contribution in [3.8, 4) is 11.4 Å². The number of hydrogen-bond acceptors (Lipinski definition) is 6. The van der Waals surface area contributed by atoms with Gasteiger partial charge in [0.05, 0.1) is 5.25 Å². The van der Waals surface area contributed by atoms with Crippen molar-refractivity contribution >= 4 is 23.7 Å². The van der Waals surface area contributed by atoms with Crippen LogP contribution in [0.15, 0.2) is 29.7 Å². The zero-order valence-corrected chi connectivity index (χ0v) is 14.3. The molecule has 1 aliphatic heterocycles. The normalized spacial score (nSPS) is 15.4. The van der Waals surface area contributed by atoms with Crippen molar-refractivity contribution in [2.24, 2.45) is 0 Å². The molecule has 3 amide bonds. The van der Waals surface area contributed by atoms with Crippen LogP contribution in [0, 0.1) is 0 Å². The molecular formula is C15H18N6O2S. The van der Waals surface area contributed by atoms with Crippen molar-refractivity contribution < 1.29 is 9.59 Å². The van der Waals surface area contributed by atoms with Gasteiger partial charge in [-0.05, 0) is 26.0 Å². The number of hydrogen-bond donors (Lipinski definition) is 1. The average molecular weight is 346 g/mol. The second kappa shape index (κ2) is 7.00. The van der Waals surface area contributed by atoms with Crippen molar-refractivity contribution in [1.29, 1.82) is 0 Å². The van der Waals surface area contributed by atoms with Crippen LogP contribution in [-0.4, -0.2) is 54.9 Å². The van der Waals surface area contributed by atoms with Crippen LogP contribution in [0.2, 0.25) is 0 Å². The molecule has 2 aromatic rings. The van der Waals surface area contributed by atoms with Crippen LogP contribution < -0.4 is 5.32 Å². The molecule has 9 heteroatoms. The molecular weight excluding hydrogens is 328 g/mol. The first-order chi connectivity index (χ1) is 11.6. The minimum absolute atomic E-state index is 0.217. The predicted octanol–water partition coefficient (Wildman–Crippen LogP) is 1.39. The fourth-order valence-corrected chi connectivity index (χ4v) is 3.46. The van der Waals surface area contributed by atoms with E-state index in [9.17, 15) is 9.59 Å². The maximum absolute atomic E-state index is 12.4. The van der Waals surface area contributed by atoms with Crippen molar-refractivity contribution in [3.05, 3.63) is 24.5 Å². The molecule has 1 N–H and O–H groups in total. The van der Waals surface area contributed by atoms with E-state index < -0.39 is 5.25 Å². The lowest BCUT2D eigenvalue weighted by Crippen LogP contribution is -2.39. The lowest BCUT2D eigenvalue weighted by Gasteiger charge is -2.17. The molecule has 0 saturated carbocycles. The van der Waals surface area contributed by atoms with Gasteiger partial charge in [-0.25, -0.2) is 4.79 Å². The second-order valence-electron chi connectivity index (χ2n) is 5.27. The fourth-order valence-electron chi connectivity index (χ4n) is 2.49. The molecule has 0 bridgehead atoms. The number of carbonyl (C=O) groups excluding carboxylic acids is 2. The van der Waals surface area contributed by atoms with Crippen LogP contribution in [0.5, 0.6) is 0 Å². The first kappa shape index (κ1) is 16.4. The number of carbonyl (C=O) groups is 2. The second-order valence-corrected chi connectivity index (χ2v) is 6.58. The number of nitrogens with zero attached hydrogens (tertiary/aromatic N) is 5. The van der Waals surface area contributed by atoms with E-state index in [1.54, 1.807) is 19.3 Å². The van der Waals surface area contributed by atoms with E-state index >= 15 is 0 Å². The standard InChI is InChI=1S/C15H18N6O2S/c1-3-20-12(11-4-6-16-7-5-11)18-19-15(20)24-10(2)13(22)21-9-8-17-14(21)23/h4-7,10H,3,8-9H2,1-2H3,(H,17,23)/t10-/m1/s1. The van der Waals surface area contributed by atoms with Crippen LogP contribution in [0.4, 0.5) is 4.79 Å². The summed E-state index contributed by atoms with van der Waals surface area (Å²) in [4.78, 5) is 29.3. The van der Waals surface area contributed by atoms with E-state index in [-0.39, 0.29) is 11.9 Å². The molecule has 0 aliphatic carbocycles. The summed E-state index contributed by atoms with van der Waals surface area (Å²) in [5, 5.41) is 11.3. The molecule has 0 aromatic carbocycles. The molecule has 2 aromatic heterocycles. The molecule has 0 radical (unpaired) electrons. The lowest BCUT2D eigenvalue weighted by molar-refractivity contribution is -0.126. The van der Waals surface area contributed by atoms with Crippen LogP contribution in [-0.2, 0) is 11.3 Å². The first-order valence-electron chi connectivity index (χ1n) is 7.71. The van der Waals surface area contributed by atoms with Gasteiger partial charge >= 0.3 is 6.03 Å². The number of rotatable bonds is 5. The van der Waals surface area contributed by atoms with Gasteiger partial charge in [0.25, 0.3) is 0 Å². The fraction of sp³-hybridized carbons (Fsp3) is 0.400. The molecule has 0 spiro atoms. The zero-order chi connectivity index (χ0) is 17.1. The predicted molar refractivity (Wildman–Crippen MR) is 89.4 cm³/mol. The summed E-state index contributed by atoms with van der Waals surface area (Å²) in [6, 6.07) is 3.41. The Morgan fingerprint density at radius 1 is 1.38 bits per heavy atom. The Hall–Kier alpha value is -2.42.